The van der Waals surface area contributed by atoms with Crippen molar-refractivity contribution in [3.63, 3.8) is 0 Å². The number of imidazole rings is 1. The van der Waals surface area contributed by atoms with Crippen LogP contribution in [0.5, 0.6) is 5.75 Å². The number of carbonyl (C=O) groups excluding carboxylic acids is 3. The van der Waals surface area contributed by atoms with E-state index in [0.717, 1.165) is 27.3 Å². The van der Waals surface area contributed by atoms with Gasteiger partial charge in [-0.2, -0.15) is 0 Å². The fourth-order valence-electron chi connectivity index (χ4n) is 3.64. The highest BCUT2D eigenvalue weighted by molar-refractivity contribution is 6.05. The summed E-state index contributed by atoms with van der Waals surface area (Å²) in [7, 11) is 1.57. The quantitative estimate of drug-likeness (QED) is 0.352. The van der Waals surface area contributed by atoms with E-state index in [1.165, 1.54) is 0 Å². The molecule has 0 saturated carbocycles. The van der Waals surface area contributed by atoms with Crippen LogP contribution >= 0.6 is 0 Å². The molecule has 3 aromatic rings. The molecule has 1 unspecified atom stereocenters. The van der Waals surface area contributed by atoms with Crippen LogP contribution in [0.2, 0.25) is 0 Å². The van der Waals surface area contributed by atoms with Crippen molar-refractivity contribution in [3.05, 3.63) is 59.9 Å². The first-order valence-electron chi connectivity index (χ1n) is 10.5. The van der Waals surface area contributed by atoms with Gasteiger partial charge in [0, 0.05) is 13.0 Å². The lowest BCUT2D eigenvalue weighted by Gasteiger charge is -2.13. The van der Waals surface area contributed by atoms with Crippen LogP contribution in [0.25, 0.3) is 11.0 Å². The second kappa shape index (κ2) is 9.51. The summed E-state index contributed by atoms with van der Waals surface area (Å²) in [6, 6.07) is 13.6. The Labute approximate surface area is 185 Å². The van der Waals surface area contributed by atoms with Crippen molar-refractivity contribution < 1.29 is 19.1 Å². The van der Waals surface area contributed by atoms with Crippen LogP contribution in [-0.4, -0.2) is 52.4 Å². The van der Waals surface area contributed by atoms with Gasteiger partial charge in [-0.05, 0) is 36.2 Å². The van der Waals surface area contributed by atoms with Gasteiger partial charge in [0.15, 0.2) is 0 Å². The summed E-state index contributed by atoms with van der Waals surface area (Å²) >= 11 is 0. The number of rotatable bonds is 9. The fraction of sp³-hybridized carbons (Fsp3) is 0.304. The highest BCUT2D eigenvalue weighted by Gasteiger charge is 2.38. The summed E-state index contributed by atoms with van der Waals surface area (Å²) in [4.78, 5) is 46.0. The van der Waals surface area contributed by atoms with Crippen molar-refractivity contribution in [2.75, 3.05) is 13.7 Å². The van der Waals surface area contributed by atoms with E-state index < -0.39 is 18.0 Å². The number of aromatic amines is 1. The molecular formula is C23H25N5O4. The lowest BCUT2D eigenvalue weighted by molar-refractivity contribution is -0.131. The summed E-state index contributed by atoms with van der Waals surface area (Å²) in [5.74, 6) is 0.886. The normalized spacial score (nSPS) is 15.8. The lowest BCUT2D eigenvalue weighted by Crippen LogP contribution is -2.36. The monoisotopic (exact) mass is 435 g/mol. The van der Waals surface area contributed by atoms with Gasteiger partial charge in [-0.3, -0.25) is 14.5 Å². The van der Waals surface area contributed by atoms with Gasteiger partial charge >= 0.3 is 6.03 Å². The minimum atomic E-state index is -0.851. The van der Waals surface area contributed by atoms with Crippen molar-refractivity contribution in [2.45, 2.75) is 31.8 Å². The number of hydrogen-bond donors (Lipinski definition) is 3. The molecule has 0 bridgehead atoms. The Bertz CT molecular complexity index is 1090. The first-order chi connectivity index (χ1) is 15.5. The third kappa shape index (κ3) is 4.88. The number of imide groups is 1. The third-order valence-corrected chi connectivity index (χ3v) is 5.35. The molecule has 3 N–H and O–H groups in total. The second-order valence-corrected chi connectivity index (χ2v) is 7.63. The van der Waals surface area contributed by atoms with Gasteiger partial charge in [-0.25, -0.2) is 9.78 Å². The first-order valence-corrected chi connectivity index (χ1v) is 10.5. The third-order valence-electron chi connectivity index (χ3n) is 5.35. The smallest absolute Gasteiger partial charge is 0.325 e. The Morgan fingerprint density at radius 3 is 2.69 bits per heavy atom. The van der Waals surface area contributed by atoms with Crippen molar-refractivity contribution in [2.24, 2.45) is 0 Å². The number of urea groups is 1. The summed E-state index contributed by atoms with van der Waals surface area (Å²) < 4.78 is 5.11. The van der Waals surface area contributed by atoms with Gasteiger partial charge in [-0.1, -0.05) is 24.3 Å². The summed E-state index contributed by atoms with van der Waals surface area (Å²) in [6.07, 6.45) is 1.32. The molecule has 1 aromatic heterocycles. The standard InChI is InChI=1S/C23H25N5O4/c1-32-16-10-8-15(9-11-16)14-28-22(30)19(27-23(28)31)13-21(29)24-12-4-7-20-25-17-5-2-3-6-18(17)26-20/h2-3,5-6,8-11,19H,4,7,12-14H2,1H3,(H,24,29)(H,25,26)(H,27,31). The zero-order valence-corrected chi connectivity index (χ0v) is 17.8. The number of para-hydroxylation sites is 2. The van der Waals surface area contributed by atoms with Crippen LogP contribution in [0.4, 0.5) is 4.79 Å². The van der Waals surface area contributed by atoms with Crippen LogP contribution in [0, 0.1) is 0 Å². The van der Waals surface area contributed by atoms with Gasteiger partial charge < -0.3 is 20.4 Å². The molecule has 0 radical (unpaired) electrons. The molecule has 1 saturated heterocycles. The number of methoxy groups -OCH3 is 1. The number of nitrogens with one attached hydrogen (secondary N) is 3. The number of aromatic nitrogens is 2. The topological polar surface area (TPSA) is 116 Å². The molecule has 1 fully saturated rings. The zero-order chi connectivity index (χ0) is 22.5. The Hall–Kier alpha value is -3.88. The molecule has 1 aliphatic heterocycles. The SMILES string of the molecule is COc1ccc(CN2C(=O)NC(CC(=O)NCCCc3nc4ccccc4[nH]3)C2=O)cc1. The van der Waals surface area contributed by atoms with Crippen LogP contribution in [-0.2, 0) is 22.6 Å². The highest BCUT2D eigenvalue weighted by atomic mass is 16.5. The van der Waals surface area contributed by atoms with Crippen LogP contribution < -0.4 is 15.4 Å². The summed E-state index contributed by atoms with van der Waals surface area (Å²) in [5, 5.41) is 5.41. The highest BCUT2D eigenvalue weighted by Crippen LogP contribution is 2.17. The molecule has 4 rings (SSSR count). The molecular weight excluding hydrogens is 410 g/mol. The maximum atomic E-state index is 12.6. The number of nitrogens with zero attached hydrogens (tertiary/aromatic N) is 2. The first kappa shape index (κ1) is 21.4. The minimum Gasteiger partial charge on any atom is -0.497 e. The molecule has 1 aliphatic rings. The maximum Gasteiger partial charge on any atom is 0.325 e. The number of hydrogen-bond acceptors (Lipinski definition) is 5. The fourth-order valence-corrected chi connectivity index (χ4v) is 3.64. The van der Waals surface area contributed by atoms with Gasteiger partial charge in [0.05, 0.1) is 31.1 Å². The predicted octanol–water partition coefficient (Wildman–Crippen LogP) is 2.13. The van der Waals surface area contributed by atoms with Gasteiger partial charge in [-0.15, -0.1) is 0 Å². The van der Waals surface area contributed by atoms with Crippen molar-refractivity contribution in [1.82, 2.24) is 25.5 Å². The average molecular weight is 435 g/mol. The number of ether oxygens (including phenoxy) is 1. The number of H-pyrrole nitrogens is 1. The van der Waals surface area contributed by atoms with E-state index in [1.54, 1.807) is 31.4 Å². The predicted molar refractivity (Wildman–Crippen MR) is 118 cm³/mol. The van der Waals surface area contributed by atoms with Crippen LogP contribution in [0.15, 0.2) is 48.5 Å². The zero-order valence-electron chi connectivity index (χ0n) is 17.8. The molecule has 2 aromatic carbocycles. The van der Waals surface area contributed by atoms with E-state index >= 15 is 0 Å². The largest absolute Gasteiger partial charge is 0.497 e. The molecule has 32 heavy (non-hydrogen) atoms. The van der Waals surface area contributed by atoms with Gasteiger partial charge in [0.25, 0.3) is 5.91 Å². The van der Waals surface area contributed by atoms with E-state index in [-0.39, 0.29) is 18.9 Å². The van der Waals surface area contributed by atoms with Crippen molar-refractivity contribution >= 4 is 28.9 Å². The van der Waals surface area contributed by atoms with Crippen molar-refractivity contribution in [1.29, 1.82) is 0 Å². The molecule has 9 heteroatoms. The number of carbonyl (C=O) groups is 3. The van der Waals surface area contributed by atoms with Crippen molar-refractivity contribution in [3.8, 4) is 5.75 Å². The molecule has 0 aliphatic carbocycles. The van der Waals surface area contributed by atoms with Gasteiger partial charge in [0.2, 0.25) is 5.91 Å². The molecule has 1 atom stereocenters. The minimum absolute atomic E-state index is 0.0890. The molecule has 2 heterocycles. The molecule has 166 valence electrons. The Morgan fingerprint density at radius 2 is 1.94 bits per heavy atom. The number of benzene rings is 2. The summed E-state index contributed by atoms with van der Waals surface area (Å²) in [5.41, 5.74) is 2.70. The number of amides is 4. The molecule has 0 spiro atoms. The van der Waals surface area contributed by atoms with E-state index in [0.29, 0.717) is 25.1 Å². The van der Waals surface area contributed by atoms with Gasteiger partial charge in [0.1, 0.15) is 17.6 Å². The Kier molecular flexibility index (Phi) is 6.34. The molecule has 9 nitrogen and oxygen atoms in total. The lowest BCUT2D eigenvalue weighted by atomic mass is 10.1. The second-order valence-electron chi connectivity index (χ2n) is 7.63. The molecule has 4 amide bonds. The average Bonchev–Trinajstić information content (AvgIpc) is 3.33. The van der Waals surface area contributed by atoms with E-state index in [9.17, 15) is 14.4 Å². The number of fused-ring (bicyclic) bond motifs is 1. The maximum absolute atomic E-state index is 12.6. The van der Waals surface area contributed by atoms with E-state index in [1.807, 2.05) is 24.3 Å². The Balaban J connectivity index is 1.22. The number of aryl methyl sites for hydroxylation is 1. The summed E-state index contributed by atoms with van der Waals surface area (Å²) in [6.45, 7) is 0.602. The Morgan fingerprint density at radius 1 is 1.16 bits per heavy atom. The van der Waals surface area contributed by atoms with E-state index in [2.05, 4.69) is 20.6 Å². The van der Waals surface area contributed by atoms with Crippen LogP contribution in [0.1, 0.15) is 24.2 Å². The van der Waals surface area contributed by atoms with Crippen LogP contribution in [0.3, 0.4) is 0 Å². The van der Waals surface area contributed by atoms with E-state index in [4.69, 9.17) is 4.74 Å².